The Kier molecular flexibility index (Phi) is 6.09. The number of hydrogen-bond donors (Lipinski definition) is 0. The molecule has 0 saturated heterocycles. The van der Waals surface area contributed by atoms with Crippen LogP contribution < -0.4 is 0 Å². The number of nitrogens with zero attached hydrogens (tertiary/aromatic N) is 3. The van der Waals surface area contributed by atoms with E-state index in [-0.39, 0.29) is 5.41 Å². The van der Waals surface area contributed by atoms with Crippen LogP contribution in [0.4, 0.5) is 0 Å². The molecule has 0 bridgehead atoms. The van der Waals surface area contributed by atoms with Gasteiger partial charge < -0.3 is 0 Å². The van der Waals surface area contributed by atoms with Crippen molar-refractivity contribution in [2.45, 2.75) is 38.8 Å². The molecule has 0 N–H and O–H groups in total. The molecule has 2 aliphatic rings. The Hall–Kier alpha value is -5.10. The number of hydrogen-bond acceptors (Lipinski definition) is 4. The Labute approximate surface area is 287 Å². The minimum Gasteiger partial charge on any atom is -0.293 e. The van der Waals surface area contributed by atoms with Crippen molar-refractivity contribution in [3.05, 3.63) is 151 Å². The Morgan fingerprint density at radius 3 is 1.98 bits per heavy atom. The van der Waals surface area contributed by atoms with Crippen LogP contribution in [0.25, 0.3) is 61.4 Å². The van der Waals surface area contributed by atoms with Gasteiger partial charge in [0.1, 0.15) is 5.82 Å². The van der Waals surface area contributed by atoms with Crippen molar-refractivity contribution in [3.63, 3.8) is 0 Å². The van der Waals surface area contributed by atoms with Crippen LogP contribution in [0.2, 0.25) is 0 Å². The van der Waals surface area contributed by atoms with E-state index >= 15 is 0 Å². The van der Waals surface area contributed by atoms with Gasteiger partial charge in [-0.3, -0.25) is 4.57 Å². The summed E-state index contributed by atoms with van der Waals surface area (Å²) < 4.78 is 2.40. The van der Waals surface area contributed by atoms with Gasteiger partial charge in [0.15, 0.2) is 5.82 Å². The summed E-state index contributed by atoms with van der Waals surface area (Å²) in [6, 6.07) is 49.8. The third kappa shape index (κ3) is 4.04. The highest BCUT2D eigenvalue weighted by atomic mass is 32.2. The van der Waals surface area contributed by atoms with Gasteiger partial charge in [-0.05, 0) is 46.5 Å². The Bertz CT molecular complexity index is 2530. The quantitative estimate of drug-likeness (QED) is 0.190. The monoisotopic (exact) mass is 651 g/mol. The van der Waals surface area contributed by atoms with E-state index in [9.17, 15) is 0 Å². The average molecular weight is 652 g/mol. The van der Waals surface area contributed by atoms with Gasteiger partial charge in [0.25, 0.3) is 0 Å². The van der Waals surface area contributed by atoms with Gasteiger partial charge in [-0.15, -0.1) is 0 Å². The van der Waals surface area contributed by atoms with E-state index in [1.807, 2.05) is 35.7 Å². The van der Waals surface area contributed by atoms with E-state index in [4.69, 9.17) is 9.97 Å². The van der Waals surface area contributed by atoms with Crippen LogP contribution >= 0.6 is 23.5 Å². The summed E-state index contributed by atoms with van der Waals surface area (Å²) in [6.07, 6.45) is 0. The molecular formula is C43H29N3S2. The molecule has 0 unspecified atom stereocenters. The van der Waals surface area contributed by atoms with Crippen LogP contribution in [0.1, 0.15) is 25.0 Å². The molecule has 1 aliphatic carbocycles. The molecular weight excluding hydrogens is 623 g/mol. The second kappa shape index (κ2) is 10.4. The number of rotatable bonds is 3. The van der Waals surface area contributed by atoms with Crippen molar-refractivity contribution in [2.24, 2.45) is 0 Å². The van der Waals surface area contributed by atoms with Crippen LogP contribution in [0.15, 0.2) is 159 Å². The van der Waals surface area contributed by atoms with E-state index in [1.165, 1.54) is 58.1 Å². The van der Waals surface area contributed by atoms with Crippen LogP contribution in [-0.2, 0) is 5.41 Å². The minimum absolute atomic E-state index is 0.251. The lowest BCUT2D eigenvalue weighted by atomic mass is 9.81. The molecule has 0 saturated carbocycles. The lowest BCUT2D eigenvalue weighted by Gasteiger charge is -2.28. The predicted molar refractivity (Wildman–Crippen MR) is 199 cm³/mol. The fourth-order valence-corrected chi connectivity index (χ4v) is 10.3. The number of aromatic nitrogens is 3. The van der Waals surface area contributed by atoms with E-state index in [0.717, 1.165) is 28.2 Å². The first-order valence-corrected chi connectivity index (χ1v) is 17.9. The first-order valence-electron chi connectivity index (χ1n) is 16.3. The van der Waals surface area contributed by atoms with E-state index in [1.54, 1.807) is 0 Å². The SMILES string of the molecule is CC1(C)c2c(ccc3c2Sc2ccccc2S3)-c2ccc3c4ccccc4n(-c4cc(-c5ccccc5)nc(-c5ccccc5)n4)c3c21. The molecule has 0 amide bonds. The zero-order valence-electron chi connectivity index (χ0n) is 26.4. The van der Waals surface area contributed by atoms with Crippen LogP contribution in [0.3, 0.4) is 0 Å². The number of para-hydroxylation sites is 1. The fourth-order valence-electron chi connectivity index (χ4n) is 7.74. The summed E-state index contributed by atoms with van der Waals surface area (Å²) >= 11 is 3.81. The lowest BCUT2D eigenvalue weighted by molar-refractivity contribution is 0.645. The van der Waals surface area contributed by atoms with Crippen molar-refractivity contribution in [1.29, 1.82) is 0 Å². The molecule has 8 aromatic rings. The molecule has 0 spiro atoms. The van der Waals surface area contributed by atoms with E-state index in [2.05, 4.69) is 146 Å². The maximum atomic E-state index is 5.33. The third-order valence-corrected chi connectivity index (χ3v) is 12.4. The zero-order valence-corrected chi connectivity index (χ0v) is 28.1. The molecule has 228 valence electrons. The molecule has 5 heteroatoms. The molecule has 3 heterocycles. The van der Waals surface area contributed by atoms with Crippen molar-refractivity contribution in [3.8, 4) is 39.6 Å². The van der Waals surface area contributed by atoms with Gasteiger partial charge in [-0.1, -0.05) is 147 Å². The van der Waals surface area contributed by atoms with E-state index < -0.39 is 0 Å². The Morgan fingerprint density at radius 1 is 0.542 bits per heavy atom. The lowest BCUT2D eigenvalue weighted by Crippen LogP contribution is -2.18. The highest BCUT2D eigenvalue weighted by molar-refractivity contribution is 8.05. The van der Waals surface area contributed by atoms with Gasteiger partial charge in [0, 0.05) is 53.0 Å². The normalized spacial score (nSPS) is 14.0. The predicted octanol–water partition coefficient (Wildman–Crippen LogP) is 11.8. The molecule has 6 aromatic carbocycles. The van der Waals surface area contributed by atoms with Crippen LogP contribution in [-0.4, -0.2) is 14.5 Å². The second-order valence-corrected chi connectivity index (χ2v) is 15.1. The minimum atomic E-state index is -0.251. The summed E-state index contributed by atoms with van der Waals surface area (Å²) in [4.78, 5) is 15.8. The second-order valence-electron chi connectivity index (χ2n) is 13.0. The number of fused-ring (bicyclic) bond motifs is 10. The zero-order chi connectivity index (χ0) is 32.0. The summed E-state index contributed by atoms with van der Waals surface area (Å²) in [5.74, 6) is 1.59. The molecule has 10 rings (SSSR count). The third-order valence-electron chi connectivity index (χ3n) is 9.82. The van der Waals surface area contributed by atoms with Gasteiger partial charge >= 0.3 is 0 Å². The van der Waals surface area contributed by atoms with Crippen molar-refractivity contribution in [2.75, 3.05) is 0 Å². The fraction of sp³-hybridized carbons (Fsp3) is 0.0698. The Balaban J connectivity index is 1.27. The smallest absolute Gasteiger partial charge is 0.162 e. The van der Waals surface area contributed by atoms with Gasteiger partial charge in [-0.2, -0.15) is 0 Å². The van der Waals surface area contributed by atoms with Crippen molar-refractivity contribution in [1.82, 2.24) is 14.5 Å². The van der Waals surface area contributed by atoms with Gasteiger partial charge in [-0.25, -0.2) is 9.97 Å². The van der Waals surface area contributed by atoms with E-state index in [0.29, 0.717) is 5.82 Å². The molecule has 0 atom stereocenters. The standard InChI is InChI=1S/C43H29N3S2/c1-43(2)38-29(30-23-24-36-41(39(30)43)48-35-20-12-11-19-34(35)47-36)21-22-31-28-17-9-10-18-33(28)46(40(31)38)37-25-32(26-13-5-3-6-14-26)44-42(45-37)27-15-7-4-8-16-27/h3-25H,1-2H3. The molecule has 2 aromatic heterocycles. The molecule has 1 aliphatic heterocycles. The highest BCUT2D eigenvalue weighted by Crippen LogP contribution is 2.60. The van der Waals surface area contributed by atoms with Gasteiger partial charge in [0.05, 0.1) is 16.7 Å². The summed E-state index contributed by atoms with van der Waals surface area (Å²) in [5, 5.41) is 2.47. The maximum absolute atomic E-state index is 5.33. The van der Waals surface area contributed by atoms with Crippen LogP contribution in [0, 0.1) is 0 Å². The molecule has 0 radical (unpaired) electrons. The number of benzene rings is 6. The first-order chi connectivity index (χ1) is 23.6. The molecule has 48 heavy (non-hydrogen) atoms. The largest absolute Gasteiger partial charge is 0.293 e. The average Bonchev–Trinajstić information content (AvgIpc) is 3.60. The maximum Gasteiger partial charge on any atom is 0.162 e. The summed E-state index contributed by atoms with van der Waals surface area (Å²) in [7, 11) is 0. The summed E-state index contributed by atoms with van der Waals surface area (Å²) in [5.41, 5.74) is 10.5. The summed E-state index contributed by atoms with van der Waals surface area (Å²) in [6.45, 7) is 4.83. The Morgan fingerprint density at radius 2 is 1.19 bits per heavy atom. The van der Waals surface area contributed by atoms with Crippen molar-refractivity contribution < 1.29 is 0 Å². The molecule has 3 nitrogen and oxygen atoms in total. The van der Waals surface area contributed by atoms with Gasteiger partial charge in [0.2, 0.25) is 0 Å². The highest BCUT2D eigenvalue weighted by Gasteiger charge is 2.42. The molecule has 0 fully saturated rings. The van der Waals surface area contributed by atoms with Crippen LogP contribution in [0.5, 0.6) is 0 Å². The first kappa shape index (κ1) is 28.0. The topological polar surface area (TPSA) is 30.7 Å². The van der Waals surface area contributed by atoms with Crippen molar-refractivity contribution >= 4 is 45.3 Å².